The molecule has 2 atom stereocenters. The zero-order valence-corrected chi connectivity index (χ0v) is 18.4. The molecule has 1 aromatic rings. The van der Waals surface area contributed by atoms with Crippen molar-refractivity contribution in [1.82, 2.24) is 14.7 Å². The molecule has 2 saturated heterocycles. The maximum atomic E-state index is 13.1. The number of nitrogens with zero attached hydrogens (tertiary/aromatic N) is 3. The van der Waals surface area contributed by atoms with E-state index in [2.05, 4.69) is 9.80 Å². The number of methoxy groups -OCH3 is 2. The summed E-state index contributed by atoms with van der Waals surface area (Å²) in [4.78, 5) is 19.6. The number of hydrogen-bond acceptors (Lipinski definition) is 7. The Morgan fingerprint density at radius 3 is 2.40 bits per heavy atom. The Morgan fingerprint density at radius 2 is 1.80 bits per heavy atom. The van der Waals surface area contributed by atoms with Crippen molar-refractivity contribution in [2.45, 2.75) is 25.6 Å². The number of carbonyl (C=O) groups is 1. The van der Waals surface area contributed by atoms with E-state index in [1.807, 2.05) is 17.9 Å². The number of morpholine rings is 1. The second kappa shape index (κ2) is 10.9. The Labute approximate surface area is 179 Å². The SMILES string of the molecule is CC[C@H](O)CN1CCO[C@@H](CN2CCN(C(=O)c3c(OC)cccc3OC)CC2)C1. The zero-order valence-electron chi connectivity index (χ0n) is 18.4. The fourth-order valence-corrected chi connectivity index (χ4v) is 4.13. The predicted octanol–water partition coefficient (Wildman–Crippen LogP) is 0.933. The van der Waals surface area contributed by atoms with Crippen molar-refractivity contribution in [3.05, 3.63) is 23.8 Å². The van der Waals surface area contributed by atoms with Crippen LogP contribution in [0, 0.1) is 0 Å². The van der Waals surface area contributed by atoms with E-state index in [9.17, 15) is 9.90 Å². The smallest absolute Gasteiger partial charge is 0.261 e. The first kappa shape index (κ1) is 22.8. The molecule has 1 amide bonds. The molecule has 1 aromatic carbocycles. The Morgan fingerprint density at radius 1 is 1.13 bits per heavy atom. The van der Waals surface area contributed by atoms with Crippen molar-refractivity contribution in [2.24, 2.45) is 0 Å². The van der Waals surface area contributed by atoms with Gasteiger partial charge < -0.3 is 24.2 Å². The van der Waals surface area contributed by atoms with Gasteiger partial charge in [0.2, 0.25) is 0 Å². The third kappa shape index (κ3) is 5.63. The summed E-state index contributed by atoms with van der Waals surface area (Å²) in [5, 5.41) is 9.92. The number of carbonyl (C=O) groups excluding carboxylic acids is 1. The Bertz CT molecular complexity index is 671. The molecule has 2 aliphatic heterocycles. The van der Waals surface area contributed by atoms with Gasteiger partial charge in [-0.2, -0.15) is 0 Å². The van der Waals surface area contributed by atoms with Crippen LogP contribution in [0.25, 0.3) is 0 Å². The molecule has 0 unspecified atom stereocenters. The lowest BCUT2D eigenvalue weighted by Gasteiger charge is -2.39. The molecule has 0 aliphatic carbocycles. The van der Waals surface area contributed by atoms with Crippen molar-refractivity contribution in [1.29, 1.82) is 0 Å². The highest BCUT2D eigenvalue weighted by Gasteiger charge is 2.29. The number of amides is 1. The summed E-state index contributed by atoms with van der Waals surface area (Å²) in [6.07, 6.45) is 0.638. The first-order valence-corrected chi connectivity index (χ1v) is 10.8. The van der Waals surface area contributed by atoms with Gasteiger partial charge in [0.1, 0.15) is 17.1 Å². The Kier molecular flexibility index (Phi) is 8.32. The lowest BCUT2D eigenvalue weighted by molar-refractivity contribution is -0.0565. The molecular weight excluding hydrogens is 386 g/mol. The fraction of sp³-hybridized carbons (Fsp3) is 0.682. The number of aliphatic hydroxyl groups excluding tert-OH is 1. The number of ether oxygens (including phenoxy) is 3. The van der Waals surface area contributed by atoms with Gasteiger partial charge in [-0.3, -0.25) is 14.6 Å². The van der Waals surface area contributed by atoms with Gasteiger partial charge in [0.15, 0.2) is 0 Å². The van der Waals surface area contributed by atoms with Crippen LogP contribution >= 0.6 is 0 Å². The molecule has 168 valence electrons. The normalized spacial score (nSPS) is 22.0. The third-order valence-electron chi connectivity index (χ3n) is 5.93. The number of aliphatic hydroxyl groups is 1. The summed E-state index contributed by atoms with van der Waals surface area (Å²) < 4.78 is 16.7. The van der Waals surface area contributed by atoms with Gasteiger partial charge in [0.25, 0.3) is 5.91 Å². The summed E-state index contributed by atoms with van der Waals surface area (Å²) in [5.74, 6) is 1.01. The van der Waals surface area contributed by atoms with Crippen LogP contribution in [0.4, 0.5) is 0 Å². The molecule has 30 heavy (non-hydrogen) atoms. The van der Waals surface area contributed by atoms with Crippen LogP contribution in [-0.4, -0.2) is 111 Å². The molecular formula is C22H35N3O5. The standard InChI is InChI=1S/C22H35N3O5/c1-4-17(26)14-24-12-13-30-18(16-24)15-23-8-10-25(11-9-23)22(27)21-19(28-2)6-5-7-20(21)29-3/h5-7,17-18,26H,4,8-16H2,1-3H3/t17-,18-/m0/s1. The van der Waals surface area contributed by atoms with Gasteiger partial charge in [-0.25, -0.2) is 0 Å². The highest BCUT2D eigenvalue weighted by Crippen LogP contribution is 2.29. The van der Waals surface area contributed by atoms with Crippen molar-refractivity contribution < 1.29 is 24.1 Å². The minimum absolute atomic E-state index is 0.0578. The van der Waals surface area contributed by atoms with E-state index in [-0.39, 0.29) is 18.1 Å². The van der Waals surface area contributed by atoms with E-state index in [0.717, 1.165) is 39.1 Å². The Balaban J connectivity index is 1.52. The van der Waals surface area contributed by atoms with Gasteiger partial charge >= 0.3 is 0 Å². The van der Waals surface area contributed by atoms with Gasteiger partial charge in [-0.05, 0) is 18.6 Å². The molecule has 8 heteroatoms. The molecule has 0 bridgehead atoms. The van der Waals surface area contributed by atoms with Crippen LogP contribution in [-0.2, 0) is 4.74 Å². The fourth-order valence-electron chi connectivity index (χ4n) is 4.13. The van der Waals surface area contributed by atoms with Crippen LogP contribution in [0.15, 0.2) is 18.2 Å². The summed E-state index contributed by atoms with van der Waals surface area (Å²) in [7, 11) is 3.13. The summed E-state index contributed by atoms with van der Waals surface area (Å²) in [6, 6.07) is 5.39. The molecule has 8 nitrogen and oxygen atoms in total. The summed E-state index contributed by atoms with van der Waals surface area (Å²) >= 11 is 0. The molecule has 2 heterocycles. The van der Waals surface area contributed by atoms with E-state index in [1.165, 1.54) is 0 Å². The van der Waals surface area contributed by atoms with Crippen LogP contribution in [0.2, 0.25) is 0 Å². The monoisotopic (exact) mass is 421 g/mol. The van der Waals surface area contributed by atoms with E-state index in [0.29, 0.717) is 43.3 Å². The molecule has 0 spiro atoms. The molecule has 2 aliphatic rings. The highest BCUT2D eigenvalue weighted by atomic mass is 16.5. The third-order valence-corrected chi connectivity index (χ3v) is 5.93. The average molecular weight is 422 g/mol. The van der Waals surface area contributed by atoms with Gasteiger partial charge in [-0.15, -0.1) is 0 Å². The van der Waals surface area contributed by atoms with E-state index in [4.69, 9.17) is 14.2 Å². The zero-order chi connectivity index (χ0) is 21.5. The molecule has 2 fully saturated rings. The number of benzene rings is 1. The molecule has 0 aromatic heterocycles. The first-order valence-electron chi connectivity index (χ1n) is 10.8. The summed E-state index contributed by atoms with van der Waals surface area (Å²) in [5.41, 5.74) is 0.483. The number of rotatable bonds is 8. The van der Waals surface area contributed by atoms with E-state index in [1.54, 1.807) is 26.4 Å². The van der Waals surface area contributed by atoms with Gasteiger partial charge in [-0.1, -0.05) is 13.0 Å². The number of piperazine rings is 1. The van der Waals surface area contributed by atoms with Crippen LogP contribution in [0.1, 0.15) is 23.7 Å². The maximum absolute atomic E-state index is 13.1. The summed E-state index contributed by atoms with van der Waals surface area (Å²) in [6.45, 7) is 8.90. The van der Waals surface area contributed by atoms with Crippen molar-refractivity contribution in [2.75, 3.05) is 73.2 Å². The second-order valence-electron chi connectivity index (χ2n) is 7.94. The Hall–Kier alpha value is -1.87. The topological polar surface area (TPSA) is 74.7 Å². The quantitative estimate of drug-likeness (QED) is 0.669. The first-order chi connectivity index (χ1) is 14.5. The van der Waals surface area contributed by atoms with Gasteiger partial charge in [0.05, 0.1) is 33.0 Å². The largest absolute Gasteiger partial charge is 0.496 e. The minimum Gasteiger partial charge on any atom is -0.496 e. The lowest BCUT2D eigenvalue weighted by atomic mass is 10.1. The lowest BCUT2D eigenvalue weighted by Crippen LogP contribution is -2.54. The van der Waals surface area contributed by atoms with E-state index < -0.39 is 0 Å². The molecule has 1 N–H and O–H groups in total. The average Bonchev–Trinajstić information content (AvgIpc) is 2.78. The number of β-amino-alcohol motifs (C(OH)–C–C–N with tert-alkyl or cyclic N) is 1. The molecule has 0 saturated carbocycles. The van der Waals surface area contributed by atoms with Crippen molar-refractivity contribution in [3.8, 4) is 11.5 Å². The highest BCUT2D eigenvalue weighted by molar-refractivity contribution is 5.99. The van der Waals surface area contributed by atoms with Crippen LogP contribution in [0.5, 0.6) is 11.5 Å². The van der Waals surface area contributed by atoms with Crippen molar-refractivity contribution in [3.63, 3.8) is 0 Å². The van der Waals surface area contributed by atoms with Crippen molar-refractivity contribution >= 4 is 5.91 Å². The molecule has 3 rings (SSSR count). The number of hydrogen-bond donors (Lipinski definition) is 1. The minimum atomic E-state index is -0.273. The molecule has 0 radical (unpaired) electrons. The van der Waals surface area contributed by atoms with Crippen LogP contribution < -0.4 is 9.47 Å². The maximum Gasteiger partial charge on any atom is 0.261 e. The second-order valence-corrected chi connectivity index (χ2v) is 7.94. The van der Waals surface area contributed by atoms with E-state index >= 15 is 0 Å². The predicted molar refractivity (Wildman–Crippen MR) is 114 cm³/mol. The van der Waals surface area contributed by atoms with Gasteiger partial charge in [0, 0.05) is 52.4 Å². The van der Waals surface area contributed by atoms with Crippen LogP contribution in [0.3, 0.4) is 0 Å².